The summed E-state index contributed by atoms with van der Waals surface area (Å²) in [5, 5.41) is 10.8. The fourth-order valence-corrected chi connectivity index (χ4v) is 11.7. The molecule has 1 nitrogen and oxygen atoms in total. The van der Waals surface area contributed by atoms with Gasteiger partial charge in [0.1, 0.15) is 0 Å². The van der Waals surface area contributed by atoms with Crippen molar-refractivity contribution in [2.75, 3.05) is 0 Å². The Morgan fingerprint density at radius 3 is 1.57 bits per heavy atom. The third kappa shape index (κ3) is 12.3. The Balaban J connectivity index is 0.000000423. The Morgan fingerprint density at radius 1 is 0.857 bits per heavy atom. The molecule has 0 heterocycles. The second-order valence-electron chi connectivity index (χ2n) is 5.49. The standard InChI is InChI=1S/C6H5ClO.3C4H9.Sn/c7-5-3-1-2-4-6(5)8;3*1-3-4-2;/h1-4,8H;3*1,3-4H2,2H3;/q;;;;+1/p-1. The number of rotatable bonds is 9. The third-order valence-corrected chi connectivity index (χ3v) is 12.9. The summed E-state index contributed by atoms with van der Waals surface area (Å²) in [6.07, 6.45) is 8.85. The van der Waals surface area contributed by atoms with Crippen molar-refractivity contribution in [2.24, 2.45) is 0 Å². The molecule has 0 aromatic heterocycles. The van der Waals surface area contributed by atoms with Gasteiger partial charge in [-0.15, -0.1) is 0 Å². The number of unbranched alkanes of at least 4 members (excludes halogenated alkanes) is 3. The van der Waals surface area contributed by atoms with Crippen LogP contribution < -0.4 is 5.11 Å². The van der Waals surface area contributed by atoms with E-state index in [2.05, 4.69) is 20.8 Å². The first kappa shape index (κ1) is 21.1. The van der Waals surface area contributed by atoms with Gasteiger partial charge in [-0.3, -0.25) is 0 Å². The molecule has 1 aromatic carbocycles. The van der Waals surface area contributed by atoms with E-state index in [1.54, 1.807) is 31.5 Å². The maximum atomic E-state index is 10.5. The van der Waals surface area contributed by atoms with Crippen LogP contribution in [0.25, 0.3) is 0 Å². The SMILES string of the molecule is CCC[CH2][Sn+]([CH2]CCC)[CH2]CCC.[O-]c1ccccc1Cl. The zero-order valence-corrected chi connectivity index (χ0v) is 17.6. The smallest absolute Gasteiger partial charge is 0.0327 e. The van der Waals surface area contributed by atoms with Gasteiger partial charge < -0.3 is 5.11 Å². The molecular formula is C18H31ClOSn. The van der Waals surface area contributed by atoms with Gasteiger partial charge in [0, 0.05) is 5.02 Å². The Morgan fingerprint density at radius 2 is 1.29 bits per heavy atom. The van der Waals surface area contributed by atoms with Crippen molar-refractivity contribution in [2.45, 2.75) is 72.6 Å². The zero-order chi connectivity index (χ0) is 15.9. The first-order valence-electron chi connectivity index (χ1n) is 8.40. The molecule has 3 heteroatoms. The minimum Gasteiger partial charge on any atom is -0.871 e. The summed E-state index contributed by atoms with van der Waals surface area (Å²) in [5.41, 5.74) is 0. The van der Waals surface area contributed by atoms with Gasteiger partial charge in [0.2, 0.25) is 0 Å². The van der Waals surface area contributed by atoms with Crippen LogP contribution in [0.3, 0.4) is 0 Å². The average molecular weight is 418 g/mol. The molecule has 1 aromatic rings. The summed E-state index contributed by atoms with van der Waals surface area (Å²) >= 11 is 4.56. The predicted molar refractivity (Wildman–Crippen MR) is 95.8 cm³/mol. The van der Waals surface area contributed by atoms with E-state index >= 15 is 0 Å². The number of halogens is 1. The van der Waals surface area contributed by atoms with Crippen LogP contribution in [-0.2, 0) is 0 Å². The molecule has 21 heavy (non-hydrogen) atoms. The van der Waals surface area contributed by atoms with Crippen LogP contribution in [0.4, 0.5) is 0 Å². The van der Waals surface area contributed by atoms with Gasteiger partial charge in [-0.2, -0.15) is 0 Å². The van der Waals surface area contributed by atoms with Crippen LogP contribution in [-0.4, -0.2) is 19.8 Å². The molecule has 120 valence electrons. The number of hydrogen-bond acceptors (Lipinski definition) is 1. The summed E-state index contributed by atoms with van der Waals surface area (Å²) in [6.45, 7) is 7.00. The molecule has 0 radical (unpaired) electrons. The summed E-state index contributed by atoms with van der Waals surface area (Å²) in [5.74, 6) is -0.117. The molecule has 0 unspecified atom stereocenters. The van der Waals surface area contributed by atoms with Crippen LogP contribution in [0, 0.1) is 0 Å². The summed E-state index contributed by atoms with van der Waals surface area (Å²) in [6, 6.07) is 6.39. The predicted octanol–water partition coefficient (Wildman–Crippen LogP) is 6.30. The van der Waals surface area contributed by atoms with E-state index in [-0.39, 0.29) is 10.8 Å². The maximum absolute atomic E-state index is 10.5. The first-order valence-corrected chi connectivity index (χ1v) is 14.8. The van der Waals surface area contributed by atoms with E-state index in [0.29, 0.717) is 0 Å². The van der Waals surface area contributed by atoms with E-state index in [4.69, 9.17) is 11.6 Å². The monoisotopic (exact) mass is 418 g/mol. The average Bonchev–Trinajstić information content (AvgIpc) is 2.50. The Labute approximate surface area is 143 Å². The quantitative estimate of drug-likeness (QED) is 0.433. The fraction of sp³-hybridized carbons (Fsp3) is 0.667. The molecule has 0 aliphatic carbocycles. The molecule has 0 N–H and O–H groups in total. The topological polar surface area (TPSA) is 23.1 Å². The second kappa shape index (κ2) is 15.0. The van der Waals surface area contributed by atoms with Gasteiger partial charge in [-0.1, -0.05) is 35.5 Å². The van der Waals surface area contributed by atoms with E-state index < -0.39 is 19.8 Å². The zero-order valence-electron chi connectivity index (χ0n) is 14.0. The maximum Gasteiger partial charge on any atom is 0.0327 e. The van der Waals surface area contributed by atoms with Crippen LogP contribution in [0.2, 0.25) is 18.3 Å². The molecule has 0 atom stereocenters. The van der Waals surface area contributed by atoms with Crippen molar-refractivity contribution in [3.63, 3.8) is 0 Å². The normalized spacial score (nSPS) is 9.90. The summed E-state index contributed by atoms with van der Waals surface area (Å²) in [4.78, 5) is 0. The van der Waals surface area contributed by atoms with Crippen molar-refractivity contribution < 1.29 is 5.11 Å². The molecular weight excluding hydrogens is 386 g/mol. The summed E-state index contributed by atoms with van der Waals surface area (Å²) < 4.78 is 5.04. The Hall–Kier alpha value is 0.109. The van der Waals surface area contributed by atoms with E-state index in [1.165, 1.54) is 44.6 Å². The Kier molecular flexibility index (Phi) is 15.1. The van der Waals surface area contributed by atoms with Crippen molar-refractivity contribution in [3.8, 4) is 5.75 Å². The number of hydrogen-bond donors (Lipinski definition) is 0. The molecule has 0 amide bonds. The van der Waals surface area contributed by atoms with Gasteiger partial charge in [0.05, 0.1) is 0 Å². The van der Waals surface area contributed by atoms with E-state index in [1.807, 2.05) is 0 Å². The molecule has 0 saturated heterocycles. The van der Waals surface area contributed by atoms with Gasteiger partial charge in [-0.05, 0) is 6.07 Å². The van der Waals surface area contributed by atoms with Crippen molar-refractivity contribution >= 4 is 31.4 Å². The molecule has 0 aliphatic heterocycles. The minimum absolute atomic E-state index is 0.117. The van der Waals surface area contributed by atoms with Gasteiger partial charge >= 0.3 is 92.4 Å². The number of benzene rings is 1. The van der Waals surface area contributed by atoms with Crippen LogP contribution in [0.5, 0.6) is 5.75 Å². The van der Waals surface area contributed by atoms with Gasteiger partial charge in [0.15, 0.2) is 0 Å². The van der Waals surface area contributed by atoms with Gasteiger partial charge in [-0.25, -0.2) is 0 Å². The van der Waals surface area contributed by atoms with Crippen molar-refractivity contribution in [1.82, 2.24) is 0 Å². The molecule has 0 fully saturated rings. The molecule has 0 aliphatic rings. The third-order valence-electron chi connectivity index (χ3n) is 3.49. The van der Waals surface area contributed by atoms with Crippen molar-refractivity contribution in [3.05, 3.63) is 29.3 Å². The molecule has 0 spiro atoms. The molecule has 0 saturated carbocycles. The first-order chi connectivity index (χ1) is 10.2. The number of para-hydroxylation sites is 1. The van der Waals surface area contributed by atoms with Gasteiger partial charge in [0.25, 0.3) is 0 Å². The molecule has 1 rings (SSSR count). The van der Waals surface area contributed by atoms with Crippen LogP contribution >= 0.6 is 11.6 Å². The summed E-state index contributed by atoms with van der Waals surface area (Å²) in [7, 11) is 0. The van der Waals surface area contributed by atoms with Crippen LogP contribution in [0.1, 0.15) is 59.3 Å². The largest absolute Gasteiger partial charge is 0.871 e. The minimum atomic E-state index is -0.839. The van der Waals surface area contributed by atoms with E-state index in [0.717, 1.165) is 0 Å². The Bertz CT molecular complexity index is 304. The second-order valence-corrected chi connectivity index (χ2v) is 14.5. The fourth-order valence-electron chi connectivity index (χ4n) is 2.10. The van der Waals surface area contributed by atoms with E-state index in [9.17, 15) is 5.11 Å². The van der Waals surface area contributed by atoms with Crippen molar-refractivity contribution in [1.29, 1.82) is 0 Å². The molecule has 0 bridgehead atoms. The van der Waals surface area contributed by atoms with Crippen LogP contribution in [0.15, 0.2) is 24.3 Å².